The Hall–Kier alpha value is -1.96. The molecule has 0 N–H and O–H groups in total. The van der Waals surface area contributed by atoms with Gasteiger partial charge in [-0.15, -0.1) is 0 Å². The first-order chi connectivity index (χ1) is 14.8. The van der Waals surface area contributed by atoms with Gasteiger partial charge in [-0.2, -0.15) is 0 Å². The molecule has 0 unspecified atom stereocenters. The Morgan fingerprint density at radius 2 is 2.00 bits per heavy atom. The molecule has 8 heteroatoms. The highest BCUT2D eigenvalue weighted by Gasteiger charge is 2.32. The van der Waals surface area contributed by atoms with E-state index >= 15 is 0 Å². The van der Waals surface area contributed by atoms with Gasteiger partial charge in [0.05, 0.1) is 29.3 Å². The standard InChI is InChI=1S/C23H24BrClN2O3S/c1-5-27-22(28)21(31-23(27)26-16-7-8-17(24)18(25)12-16)11-15-6-9-19(20(10-15)29-4)30-13-14(2)3/h6-12,14H,5,13H2,1-4H3/b21-11-,26-23?. The van der Waals surface area contributed by atoms with Gasteiger partial charge in [-0.25, -0.2) is 4.99 Å². The van der Waals surface area contributed by atoms with Crippen molar-refractivity contribution in [1.29, 1.82) is 0 Å². The molecule has 0 aliphatic carbocycles. The van der Waals surface area contributed by atoms with E-state index in [1.807, 2.05) is 43.3 Å². The number of amidine groups is 1. The fraction of sp³-hybridized carbons (Fsp3) is 0.304. The Balaban J connectivity index is 1.88. The molecule has 1 aliphatic heterocycles. The summed E-state index contributed by atoms with van der Waals surface area (Å²) in [5.74, 6) is 1.66. The Morgan fingerprint density at radius 3 is 2.65 bits per heavy atom. The number of likely N-dealkylation sites (N-methyl/N-ethyl adjacent to an activating group) is 1. The van der Waals surface area contributed by atoms with Gasteiger partial charge in [0.25, 0.3) is 5.91 Å². The van der Waals surface area contributed by atoms with Gasteiger partial charge in [-0.3, -0.25) is 9.69 Å². The van der Waals surface area contributed by atoms with E-state index in [9.17, 15) is 4.79 Å². The third-order valence-corrected chi connectivity index (χ3v) is 6.63. The van der Waals surface area contributed by atoms with Crippen molar-refractivity contribution in [3.63, 3.8) is 0 Å². The van der Waals surface area contributed by atoms with Gasteiger partial charge in [0.2, 0.25) is 0 Å². The summed E-state index contributed by atoms with van der Waals surface area (Å²) in [6.45, 7) is 7.24. The molecule has 1 heterocycles. The monoisotopic (exact) mass is 522 g/mol. The number of amides is 1. The predicted octanol–water partition coefficient (Wildman–Crippen LogP) is 6.77. The van der Waals surface area contributed by atoms with E-state index in [0.717, 1.165) is 10.0 Å². The van der Waals surface area contributed by atoms with Gasteiger partial charge in [0.15, 0.2) is 16.7 Å². The minimum Gasteiger partial charge on any atom is -0.493 e. The molecule has 0 aromatic heterocycles. The Morgan fingerprint density at radius 1 is 1.23 bits per heavy atom. The average molecular weight is 524 g/mol. The maximum absolute atomic E-state index is 12.9. The molecule has 0 bridgehead atoms. The van der Waals surface area contributed by atoms with Crippen molar-refractivity contribution in [3.05, 3.63) is 56.4 Å². The fourth-order valence-corrected chi connectivity index (χ4v) is 4.32. The van der Waals surface area contributed by atoms with Gasteiger partial charge in [-0.1, -0.05) is 31.5 Å². The van der Waals surface area contributed by atoms with Crippen molar-refractivity contribution in [2.24, 2.45) is 10.9 Å². The number of hydrogen-bond donors (Lipinski definition) is 0. The van der Waals surface area contributed by atoms with Crippen molar-refractivity contribution < 1.29 is 14.3 Å². The lowest BCUT2D eigenvalue weighted by molar-refractivity contribution is -0.122. The smallest absolute Gasteiger partial charge is 0.266 e. The quantitative estimate of drug-likeness (QED) is 0.376. The second-order valence-electron chi connectivity index (χ2n) is 7.27. The van der Waals surface area contributed by atoms with E-state index in [1.54, 1.807) is 18.1 Å². The van der Waals surface area contributed by atoms with Crippen LogP contribution in [-0.4, -0.2) is 36.2 Å². The summed E-state index contributed by atoms with van der Waals surface area (Å²) in [7, 11) is 1.61. The molecule has 1 saturated heterocycles. The lowest BCUT2D eigenvalue weighted by atomic mass is 10.1. The first kappa shape index (κ1) is 23.7. The van der Waals surface area contributed by atoms with Crippen molar-refractivity contribution in [2.75, 3.05) is 20.3 Å². The Bertz CT molecular complexity index is 1040. The number of hydrogen-bond acceptors (Lipinski definition) is 5. The largest absolute Gasteiger partial charge is 0.493 e. The number of nitrogens with zero attached hydrogens (tertiary/aromatic N) is 2. The molecular weight excluding hydrogens is 500 g/mol. The minimum absolute atomic E-state index is 0.0754. The van der Waals surface area contributed by atoms with E-state index in [1.165, 1.54) is 11.8 Å². The predicted molar refractivity (Wildman–Crippen MR) is 133 cm³/mol. The molecule has 1 aliphatic rings. The summed E-state index contributed by atoms with van der Waals surface area (Å²) in [5.41, 5.74) is 1.55. The van der Waals surface area contributed by atoms with Crippen LogP contribution in [0.5, 0.6) is 11.5 Å². The highest BCUT2D eigenvalue weighted by Crippen LogP contribution is 2.36. The van der Waals surface area contributed by atoms with E-state index < -0.39 is 0 Å². The lowest BCUT2D eigenvalue weighted by Crippen LogP contribution is -2.28. The Labute approximate surface area is 200 Å². The summed E-state index contributed by atoms with van der Waals surface area (Å²) in [4.78, 5) is 19.8. The van der Waals surface area contributed by atoms with Crippen molar-refractivity contribution in [3.8, 4) is 11.5 Å². The van der Waals surface area contributed by atoms with Crippen LogP contribution < -0.4 is 9.47 Å². The summed E-state index contributed by atoms with van der Waals surface area (Å²) in [6.07, 6.45) is 1.85. The molecule has 5 nitrogen and oxygen atoms in total. The zero-order chi connectivity index (χ0) is 22.5. The third-order valence-electron chi connectivity index (χ3n) is 4.39. The lowest BCUT2D eigenvalue weighted by Gasteiger charge is -2.13. The van der Waals surface area contributed by atoms with Crippen molar-refractivity contribution in [2.45, 2.75) is 20.8 Å². The molecule has 2 aromatic carbocycles. The molecular formula is C23H24BrClN2O3S. The second-order valence-corrected chi connectivity index (χ2v) is 9.54. The van der Waals surface area contributed by atoms with Crippen LogP contribution >= 0.6 is 39.3 Å². The van der Waals surface area contributed by atoms with Crippen LogP contribution in [0.2, 0.25) is 5.02 Å². The zero-order valence-electron chi connectivity index (χ0n) is 17.8. The molecule has 1 amide bonds. The maximum Gasteiger partial charge on any atom is 0.266 e. The van der Waals surface area contributed by atoms with Crippen molar-refractivity contribution in [1.82, 2.24) is 4.90 Å². The third kappa shape index (κ3) is 5.84. The first-order valence-electron chi connectivity index (χ1n) is 9.88. The molecule has 3 rings (SSSR count). The first-order valence-corrected chi connectivity index (χ1v) is 11.9. The van der Waals surface area contributed by atoms with Crippen LogP contribution in [0.15, 0.2) is 50.8 Å². The van der Waals surface area contributed by atoms with Crippen LogP contribution in [0.1, 0.15) is 26.3 Å². The zero-order valence-corrected chi connectivity index (χ0v) is 21.0. The number of rotatable bonds is 7. The van der Waals surface area contributed by atoms with Gasteiger partial charge < -0.3 is 9.47 Å². The number of halogens is 2. The molecule has 0 spiro atoms. The van der Waals surface area contributed by atoms with E-state index in [2.05, 4.69) is 34.8 Å². The second kappa shape index (κ2) is 10.6. The van der Waals surface area contributed by atoms with E-state index in [4.69, 9.17) is 21.1 Å². The van der Waals surface area contributed by atoms with Crippen LogP contribution in [0.4, 0.5) is 5.69 Å². The van der Waals surface area contributed by atoms with Gasteiger partial charge in [0.1, 0.15) is 0 Å². The molecule has 31 heavy (non-hydrogen) atoms. The highest BCUT2D eigenvalue weighted by atomic mass is 79.9. The topological polar surface area (TPSA) is 51.1 Å². The number of benzene rings is 2. The van der Waals surface area contributed by atoms with Crippen LogP contribution in [0.3, 0.4) is 0 Å². The summed E-state index contributed by atoms with van der Waals surface area (Å²) < 4.78 is 12.1. The van der Waals surface area contributed by atoms with E-state index in [-0.39, 0.29) is 5.91 Å². The number of ether oxygens (including phenoxy) is 2. The molecule has 164 valence electrons. The number of methoxy groups -OCH3 is 1. The van der Waals surface area contributed by atoms with Gasteiger partial charge in [-0.05, 0) is 82.5 Å². The van der Waals surface area contributed by atoms with Crippen LogP contribution in [0, 0.1) is 5.92 Å². The SMILES string of the molecule is CCN1C(=O)/C(=C/c2ccc(OCC(C)C)c(OC)c2)SC1=Nc1ccc(Br)c(Cl)c1. The summed E-state index contributed by atoms with van der Waals surface area (Å²) >= 11 is 10.9. The van der Waals surface area contributed by atoms with Crippen molar-refractivity contribution >= 4 is 62.1 Å². The number of thioether (sulfide) groups is 1. The Kier molecular flexibility index (Phi) is 8.08. The molecule has 0 saturated carbocycles. The van der Waals surface area contributed by atoms with Crippen LogP contribution in [0.25, 0.3) is 6.08 Å². The number of carbonyl (C=O) groups is 1. The summed E-state index contributed by atoms with van der Waals surface area (Å²) in [5, 5.41) is 1.20. The summed E-state index contributed by atoms with van der Waals surface area (Å²) in [6, 6.07) is 11.1. The van der Waals surface area contributed by atoms with Gasteiger partial charge >= 0.3 is 0 Å². The molecule has 0 atom stereocenters. The normalized spacial score (nSPS) is 16.6. The van der Waals surface area contributed by atoms with Gasteiger partial charge in [0, 0.05) is 11.0 Å². The van der Waals surface area contributed by atoms with E-state index in [0.29, 0.717) is 51.4 Å². The molecule has 0 radical (unpaired) electrons. The number of carbonyl (C=O) groups excluding carboxylic acids is 1. The fourth-order valence-electron chi connectivity index (χ4n) is 2.84. The maximum atomic E-state index is 12.9. The minimum atomic E-state index is -0.0754. The average Bonchev–Trinajstić information content (AvgIpc) is 3.03. The van der Waals surface area contributed by atoms with Crippen LogP contribution in [-0.2, 0) is 4.79 Å². The molecule has 2 aromatic rings. The number of aliphatic imine (C=N–C) groups is 1. The highest BCUT2D eigenvalue weighted by molar-refractivity contribution is 9.10. The molecule has 1 fully saturated rings.